The summed E-state index contributed by atoms with van der Waals surface area (Å²) in [7, 11) is 0. The van der Waals surface area contributed by atoms with Crippen molar-refractivity contribution in [1.82, 2.24) is 5.32 Å². The number of hydrogen-bond donors (Lipinski definition) is 4. The average molecular weight is 395 g/mol. The van der Waals surface area contributed by atoms with Crippen molar-refractivity contribution >= 4 is 5.97 Å². The fourth-order valence-electron chi connectivity index (χ4n) is 5.78. The van der Waals surface area contributed by atoms with Crippen molar-refractivity contribution in [3.8, 4) is 11.5 Å². The predicted octanol–water partition coefficient (Wildman–Crippen LogP) is 4.40. The van der Waals surface area contributed by atoms with Gasteiger partial charge in [0.15, 0.2) is 0 Å². The average Bonchev–Trinajstić information content (AvgIpc) is 2.70. The summed E-state index contributed by atoms with van der Waals surface area (Å²) in [5.74, 6) is 3.28. The van der Waals surface area contributed by atoms with Crippen molar-refractivity contribution in [1.29, 1.82) is 0 Å². The molecular formula is C24H29NO4. The lowest BCUT2D eigenvalue weighted by molar-refractivity contribution is -0.0143. The minimum absolute atomic E-state index is 0.227. The topological polar surface area (TPSA) is 89.8 Å². The third-order valence-corrected chi connectivity index (χ3v) is 6.84. The zero-order valence-corrected chi connectivity index (χ0v) is 16.5. The molecule has 0 saturated heterocycles. The maximum atomic E-state index is 10.2. The van der Waals surface area contributed by atoms with Gasteiger partial charge in [0.25, 0.3) is 0 Å². The van der Waals surface area contributed by atoms with E-state index >= 15 is 0 Å². The number of carboxylic acid groups (broad SMARTS) is 1. The van der Waals surface area contributed by atoms with E-state index in [1.54, 1.807) is 42.5 Å². The number of aromatic hydroxyl groups is 2. The summed E-state index contributed by atoms with van der Waals surface area (Å²) in [5.41, 5.74) is 1.14. The molecule has 0 unspecified atom stereocenters. The van der Waals surface area contributed by atoms with Gasteiger partial charge in [0.1, 0.15) is 11.5 Å². The Hall–Kier alpha value is -2.53. The Morgan fingerprint density at radius 2 is 1.52 bits per heavy atom. The minimum Gasteiger partial charge on any atom is -0.508 e. The van der Waals surface area contributed by atoms with Crippen LogP contribution in [0.5, 0.6) is 11.5 Å². The molecule has 0 aromatic heterocycles. The van der Waals surface area contributed by atoms with Crippen LogP contribution in [0.2, 0.25) is 0 Å². The van der Waals surface area contributed by atoms with Gasteiger partial charge in [0, 0.05) is 18.2 Å². The molecule has 0 radical (unpaired) electrons. The second kappa shape index (κ2) is 8.46. The van der Waals surface area contributed by atoms with E-state index in [4.69, 9.17) is 5.11 Å². The monoisotopic (exact) mass is 395 g/mol. The molecule has 4 aliphatic rings. The number of nitrogens with one attached hydrogen (secondary N) is 1. The molecule has 4 fully saturated rings. The molecule has 6 rings (SSSR count). The Balaban J connectivity index is 0.000000192. The Labute approximate surface area is 171 Å². The molecule has 29 heavy (non-hydrogen) atoms. The Kier molecular flexibility index (Phi) is 5.76. The van der Waals surface area contributed by atoms with Crippen molar-refractivity contribution in [3.05, 3.63) is 59.7 Å². The molecule has 154 valence electrons. The molecular weight excluding hydrogens is 366 g/mol. The normalized spacial score (nSPS) is 29.2. The minimum atomic E-state index is -0.879. The zero-order chi connectivity index (χ0) is 20.4. The number of carbonyl (C=O) groups is 1. The molecule has 5 nitrogen and oxygen atoms in total. The van der Waals surface area contributed by atoms with E-state index in [1.165, 1.54) is 38.2 Å². The summed E-state index contributed by atoms with van der Waals surface area (Å²) in [5, 5.41) is 31.5. The van der Waals surface area contributed by atoms with Crippen LogP contribution < -0.4 is 5.32 Å². The third kappa shape index (κ3) is 4.56. The van der Waals surface area contributed by atoms with Crippen molar-refractivity contribution in [2.24, 2.45) is 23.7 Å². The van der Waals surface area contributed by atoms with Crippen LogP contribution in [-0.4, -0.2) is 27.3 Å². The Bertz CT molecular complexity index is 823. The van der Waals surface area contributed by atoms with Gasteiger partial charge in [-0.3, -0.25) is 0 Å². The lowest BCUT2D eigenvalue weighted by atomic mass is 9.54. The molecule has 0 spiro atoms. The van der Waals surface area contributed by atoms with Gasteiger partial charge >= 0.3 is 5.97 Å². The van der Waals surface area contributed by atoms with Gasteiger partial charge in [-0.2, -0.15) is 0 Å². The van der Waals surface area contributed by atoms with Crippen LogP contribution >= 0.6 is 0 Å². The summed E-state index contributed by atoms with van der Waals surface area (Å²) >= 11 is 0. The summed E-state index contributed by atoms with van der Waals surface area (Å²) in [6.45, 7) is 0.660. The second-order valence-corrected chi connectivity index (χ2v) is 8.82. The van der Waals surface area contributed by atoms with Crippen molar-refractivity contribution in [2.45, 2.75) is 44.7 Å². The number of hydrogen-bond acceptors (Lipinski definition) is 4. The first-order valence-corrected chi connectivity index (χ1v) is 10.5. The number of phenolic OH excluding ortho intramolecular Hbond substituents is 2. The van der Waals surface area contributed by atoms with Crippen molar-refractivity contribution in [2.75, 3.05) is 0 Å². The van der Waals surface area contributed by atoms with Crippen LogP contribution in [0.1, 0.15) is 48.0 Å². The molecule has 4 N–H and O–H groups in total. The largest absolute Gasteiger partial charge is 0.508 e. The number of carboxylic acids is 1. The maximum Gasteiger partial charge on any atom is 0.335 e. The van der Waals surface area contributed by atoms with Gasteiger partial charge in [-0.1, -0.05) is 18.2 Å². The van der Waals surface area contributed by atoms with Crippen LogP contribution in [0.25, 0.3) is 0 Å². The van der Waals surface area contributed by atoms with Crippen LogP contribution in [0.15, 0.2) is 48.5 Å². The number of rotatable bonds is 4. The van der Waals surface area contributed by atoms with Crippen LogP contribution in [0.4, 0.5) is 0 Å². The fraction of sp³-hybridized carbons (Fsp3) is 0.458. The molecule has 4 saturated carbocycles. The highest BCUT2D eigenvalue weighted by molar-refractivity contribution is 5.87. The summed E-state index contributed by atoms with van der Waals surface area (Å²) < 4.78 is 0. The summed E-state index contributed by atoms with van der Waals surface area (Å²) in [6, 6.07) is 13.7. The van der Waals surface area contributed by atoms with Gasteiger partial charge in [0.05, 0.1) is 5.56 Å². The molecule has 2 aromatic rings. The lowest BCUT2D eigenvalue weighted by Gasteiger charge is -2.54. The van der Waals surface area contributed by atoms with Gasteiger partial charge in [0.2, 0.25) is 0 Å². The van der Waals surface area contributed by atoms with E-state index in [1.807, 2.05) is 0 Å². The molecule has 5 heteroatoms. The van der Waals surface area contributed by atoms with E-state index in [2.05, 4.69) is 5.32 Å². The van der Waals surface area contributed by atoms with E-state index in [-0.39, 0.29) is 11.5 Å². The highest BCUT2D eigenvalue weighted by Crippen LogP contribution is 2.53. The molecule has 2 aromatic carbocycles. The highest BCUT2D eigenvalue weighted by Gasteiger charge is 2.47. The third-order valence-electron chi connectivity index (χ3n) is 6.84. The smallest absolute Gasteiger partial charge is 0.335 e. The highest BCUT2D eigenvalue weighted by atomic mass is 16.4. The Morgan fingerprint density at radius 3 is 2.07 bits per heavy atom. The number of aromatic carboxylic acids is 1. The molecule has 0 heterocycles. The predicted molar refractivity (Wildman–Crippen MR) is 111 cm³/mol. The number of phenols is 2. The summed E-state index contributed by atoms with van der Waals surface area (Å²) in [6.07, 6.45) is 7.08. The fourth-order valence-corrected chi connectivity index (χ4v) is 5.78. The molecule has 0 amide bonds. The molecule has 0 aliphatic heterocycles. The van der Waals surface area contributed by atoms with Crippen molar-refractivity contribution < 1.29 is 20.1 Å². The van der Waals surface area contributed by atoms with Gasteiger partial charge in [-0.05, 0) is 86.1 Å². The van der Waals surface area contributed by atoms with Crippen LogP contribution in [-0.2, 0) is 6.54 Å². The maximum absolute atomic E-state index is 10.2. The standard InChI is InChI=1S/C17H23NO2.C7H6O2/c19-15-1-2-16(20)14(8-15)9-18-17-12-4-10-3-11(6-12)7-13(17)5-10;8-7(9)6-4-2-1-3-5-6/h1-2,8,10-13,17-20H,3-7,9H2;1-5H,(H,8,9). The van der Waals surface area contributed by atoms with Crippen LogP contribution in [0.3, 0.4) is 0 Å². The first-order chi connectivity index (χ1) is 14.0. The van der Waals surface area contributed by atoms with Crippen LogP contribution in [0, 0.1) is 23.7 Å². The molecule has 0 atom stereocenters. The van der Waals surface area contributed by atoms with Gasteiger partial charge < -0.3 is 20.6 Å². The Morgan fingerprint density at radius 1 is 0.897 bits per heavy atom. The molecule has 4 aliphatic carbocycles. The quantitative estimate of drug-likeness (QED) is 0.576. The van der Waals surface area contributed by atoms with E-state index < -0.39 is 5.97 Å². The number of benzene rings is 2. The van der Waals surface area contributed by atoms with Gasteiger partial charge in [-0.15, -0.1) is 0 Å². The first kappa shape index (κ1) is 19.8. The van der Waals surface area contributed by atoms with E-state index in [0.29, 0.717) is 18.2 Å². The van der Waals surface area contributed by atoms with E-state index in [0.717, 1.165) is 29.2 Å². The first-order valence-electron chi connectivity index (χ1n) is 10.5. The van der Waals surface area contributed by atoms with Gasteiger partial charge in [-0.25, -0.2) is 4.79 Å². The molecule has 4 bridgehead atoms. The summed E-state index contributed by atoms with van der Waals surface area (Å²) in [4.78, 5) is 10.2. The lowest BCUT2D eigenvalue weighted by Crippen LogP contribution is -2.54. The zero-order valence-electron chi connectivity index (χ0n) is 16.5. The SMILES string of the molecule is O=C(O)c1ccccc1.Oc1ccc(O)c(CNC2C3CC4CC(C3)CC2C4)c1. The van der Waals surface area contributed by atoms with Crippen molar-refractivity contribution in [3.63, 3.8) is 0 Å². The van der Waals surface area contributed by atoms with E-state index in [9.17, 15) is 15.0 Å². The second-order valence-electron chi connectivity index (χ2n) is 8.82.